The number of halogens is 2. The second kappa shape index (κ2) is 9.76. The van der Waals surface area contributed by atoms with E-state index in [0.717, 1.165) is 12.0 Å². The third-order valence-electron chi connectivity index (χ3n) is 2.22. The van der Waals surface area contributed by atoms with Gasteiger partial charge in [0.05, 0.1) is 13.7 Å². The smallest absolute Gasteiger partial charge is 1.00 e. The fourth-order valence-electron chi connectivity index (χ4n) is 1.52. The first-order chi connectivity index (χ1) is 7.02. The maximum Gasteiger partial charge on any atom is 2.00 e. The summed E-state index contributed by atoms with van der Waals surface area (Å²) in [5.41, 5.74) is 0.171. The number of amides is 1. The minimum Gasteiger partial charge on any atom is -1.00 e. The van der Waals surface area contributed by atoms with Crippen molar-refractivity contribution in [2.75, 3.05) is 13.7 Å². The van der Waals surface area contributed by atoms with Crippen LogP contribution in [0.5, 0.6) is 0 Å². The largest absolute Gasteiger partial charge is 2.00 e. The average molecular weight is 397 g/mol. The van der Waals surface area contributed by atoms with Gasteiger partial charge in [-0.1, -0.05) is 6.08 Å². The number of rotatable bonds is 1. The normalized spacial score (nSPS) is 19.4. The SMILES string of the molecule is C/C=C1/C(=O)CN(C(=O)O)[C@@H]1C(=O)OC.[Br-].[Br-].[Mg+2]. The van der Waals surface area contributed by atoms with Crippen LogP contribution in [0.4, 0.5) is 4.79 Å². The Hall–Kier alpha value is -0.124. The van der Waals surface area contributed by atoms with Gasteiger partial charge >= 0.3 is 35.1 Å². The zero-order chi connectivity index (χ0) is 11.6. The molecule has 0 bridgehead atoms. The zero-order valence-corrected chi connectivity index (χ0v) is 14.4. The van der Waals surface area contributed by atoms with Gasteiger partial charge < -0.3 is 43.8 Å². The van der Waals surface area contributed by atoms with Crippen LogP contribution in [0.15, 0.2) is 11.6 Å². The molecular weight excluding hydrogens is 386 g/mol. The van der Waals surface area contributed by atoms with Crippen molar-refractivity contribution in [2.45, 2.75) is 13.0 Å². The van der Waals surface area contributed by atoms with E-state index in [1.165, 1.54) is 6.08 Å². The van der Waals surface area contributed by atoms with E-state index in [9.17, 15) is 14.4 Å². The van der Waals surface area contributed by atoms with Gasteiger partial charge in [0.15, 0.2) is 11.8 Å². The maximum atomic E-state index is 11.4. The molecule has 1 heterocycles. The van der Waals surface area contributed by atoms with E-state index in [4.69, 9.17) is 5.11 Å². The molecule has 1 saturated heterocycles. The van der Waals surface area contributed by atoms with Gasteiger partial charge in [-0.3, -0.25) is 9.69 Å². The molecule has 1 rings (SSSR count). The molecule has 0 aliphatic carbocycles. The van der Waals surface area contributed by atoms with Crippen LogP contribution in [0.2, 0.25) is 0 Å². The average Bonchev–Trinajstić information content (AvgIpc) is 2.54. The summed E-state index contributed by atoms with van der Waals surface area (Å²) in [6, 6.07) is -1.12. The van der Waals surface area contributed by atoms with E-state index in [0.29, 0.717) is 0 Å². The van der Waals surface area contributed by atoms with Crippen LogP contribution in [-0.4, -0.2) is 70.6 Å². The van der Waals surface area contributed by atoms with Crippen LogP contribution in [0.1, 0.15) is 6.92 Å². The van der Waals surface area contributed by atoms with Gasteiger partial charge in [0, 0.05) is 5.57 Å². The molecule has 0 unspecified atom stereocenters. The van der Waals surface area contributed by atoms with Crippen LogP contribution < -0.4 is 34.0 Å². The Labute approximate surface area is 141 Å². The monoisotopic (exact) mass is 395 g/mol. The molecule has 0 saturated carbocycles. The molecule has 1 amide bonds. The summed E-state index contributed by atoms with van der Waals surface area (Å²) < 4.78 is 4.46. The number of ether oxygens (including phenoxy) is 1. The van der Waals surface area contributed by atoms with Crippen molar-refractivity contribution in [3.05, 3.63) is 11.6 Å². The van der Waals surface area contributed by atoms with E-state index in [-0.39, 0.29) is 74.9 Å². The summed E-state index contributed by atoms with van der Waals surface area (Å²) in [6.07, 6.45) is 0.128. The number of methoxy groups -OCH3 is 1. The number of esters is 1. The van der Waals surface area contributed by atoms with Crippen molar-refractivity contribution in [3.63, 3.8) is 0 Å². The van der Waals surface area contributed by atoms with Gasteiger partial charge in [0.1, 0.15) is 0 Å². The van der Waals surface area contributed by atoms with E-state index >= 15 is 0 Å². The van der Waals surface area contributed by atoms with E-state index < -0.39 is 18.1 Å². The second-order valence-corrected chi connectivity index (χ2v) is 3.00. The molecule has 9 heteroatoms. The van der Waals surface area contributed by atoms with Crippen molar-refractivity contribution >= 4 is 40.9 Å². The van der Waals surface area contributed by atoms with Crippen molar-refractivity contribution in [1.82, 2.24) is 4.90 Å². The maximum absolute atomic E-state index is 11.4. The fourth-order valence-corrected chi connectivity index (χ4v) is 1.52. The Morgan fingerprint density at radius 3 is 2.28 bits per heavy atom. The minimum atomic E-state index is -1.31. The van der Waals surface area contributed by atoms with Gasteiger partial charge in [-0.25, -0.2) is 9.59 Å². The standard InChI is InChI=1S/C9H11NO5.2BrH.Mg/c1-3-5-6(11)4-10(9(13)14)7(5)8(12)15-2;;;/h3,7H,4H2,1-2H3,(H,13,14);2*1H;/q;;;+2/p-2/b5-3-;;;/t7-;;;/m0.../s1. The summed E-state index contributed by atoms with van der Waals surface area (Å²) in [5.74, 6) is -1.10. The number of ketones is 1. The molecule has 0 aromatic rings. The number of carbonyl (C=O) groups excluding carboxylic acids is 2. The minimum absolute atomic E-state index is 0. The molecule has 0 aromatic carbocycles. The second-order valence-electron chi connectivity index (χ2n) is 3.00. The van der Waals surface area contributed by atoms with Gasteiger partial charge in [-0.05, 0) is 6.92 Å². The van der Waals surface area contributed by atoms with Crippen LogP contribution in [-0.2, 0) is 14.3 Å². The molecule has 1 fully saturated rings. The zero-order valence-electron chi connectivity index (χ0n) is 9.85. The first kappa shape index (κ1) is 23.0. The number of carboxylic acid groups (broad SMARTS) is 1. The predicted molar refractivity (Wildman–Crippen MR) is 55.1 cm³/mol. The van der Waals surface area contributed by atoms with Crippen molar-refractivity contribution in [3.8, 4) is 0 Å². The number of hydrogen-bond acceptors (Lipinski definition) is 4. The van der Waals surface area contributed by atoms with E-state index in [2.05, 4.69) is 4.74 Å². The molecule has 0 aromatic heterocycles. The molecule has 6 nitrogen and oxygen atoms in total. The number of allylic oxidation sites excluding steroid dienone is 1. The molecule has 1 aliphatic rings. The number of hydrogen-bond donors (Lipinski definition) is 1. The topological polar surface area (TPSA) is 83.9 Å². The number of carbonyl (C=O) groups is 3. The van der Waals surface area contributed by atoms with Gasteiger partial charge in [-0.2, -0.15) is 0 Å². The van der Waals surface area contributed by atoms with Gasteiger partial charge in [0.2, 0.25) is 0 Å². The Balaban J connectivity index is -0.000000750. The Kier molecular flexibility index (Phi) is 12.5. The molecule has 98 valence electrons. The Bertz CT molecular complexity index is 361. The molecule has 18 heavy (non-hydrogen) atoms. The Morgan fingerprint density at radius 2 is 1.94 bits per heavy atom. The Morgan fingerprint density at radius 1 is 1.44 bits per heavy atom. The summed E-state index contributed by atoms with van der Waals surface area (Å²) in [7, 11) is 1.15. The first-order valence-corrected chi connectivity index (χ1v) is 4.29. The van der Waals surface area contributed by atoms with Crippen LogP contribution >= 0.6 is 0 Å². The molecule has 1 aliphatic heterocycles. The van der Waals surface area contributed by atoms with Crippen molar-refractivity contribution < 1.29 is 58.2 Å². The van der Waals surface area contributed by atoms with Gasteiger partial charge in [-0.15, -0.1) is 0 Å². The van der Waals surface area contributed by atoms with E-state index in [1.54, 1.807) is 6.92 Å². The molecule has 0 spiro atoms. The first-order valence-electron chi connectivity index (χ1n) is 4.29. The quantitative estimate of drug-likeness (QED) is 0.271. The summed E-state index contributed by atoms with van der Waals surface area (Å²) in [5, 5.41) is 8.80. The third-order valence-corrected chi connectivity index (χ3v) is 2.22. The number of Topliss-reactive ketones (excluding diaryl/α,β-unsaturated/α-hetero) is 1. The van der Waals surface area contributed by atoms with Crippen LogP contribution in [0, 0.1) is 0 Å². The molecule has 1 N–H and O–H groups in total. The number of nitrogens with zero attached hydrogens (tertiary/aromatic N) is 1. The molecule has 1 atom stereocenters. The third kappa shape index (κ3) is 4.52. The summed E-state index contributed by atoms with van der Waals surface area (Å²) >= 11 is 0. The summed E-state index contributed by atoms with van der Waals surface area (Å²) in [6.45, 7) is 1.28. The predicted octanol–water partition coefficient (Wildman–Crippen LogP) is -6.34. The molecular formula is C9H11Br2MgNO5. The number of likely N-dealkylation sites (tertiary alicyclic amines) is 1. The van der Waals surface area contributed by atoms with Crippen LogP contribution in [0.3, 0.4) is 0 Å². The van der Waals surface area contributed by atoms with Crippen LogP contribution in [0.25, 0.3) is 0 Å². The van der Waals surface area contributed by atoms with Crippen molar-refractivity contribution in [2.24, 2.45) is 0 Å². The van der Waals surface area contributed by atoms with Crippen molar-refractivity contribution in [1.29, 1.82) is 0 Å². The van der Waals surface area contributed by atoms with Gasteiger partial charge in [0.25, 0.3) is 0 Å². The summed E-state index contributed by atoms with van der Waals surface area (Å²) in [4.78, 5) is 34.2. The van der Waals surface area contributed by atoms with E-state index in [1.807, 2.05) is 0 Å². The fraction of sp³-hybridized carbons (Fsp3) is 0.444. The molecule has 0 radical (unpaired) electrons.